The van der Waals surface area contributed by atoms with Gasteiger partial charge in [0.25, 0.3) is 0 Å². The van der Waals surface area contributed by atoms with Crippen molar-refractivity contribution < 1.29 is 18.3 Å². The topological polar surface area (TPSA) is 32.8 Å². The first kappa shape index (κ1) is 19.3. The van der Waals surface area contributed by atoms with Gasteiger partial charge in [-0.15, -0.1) is 0 Å². The van der Waals surface area contributed by atoms with Crippen LogP contribution in [0.4, 0.5) is 8.78 Å². The molecule has 0 saturated heterocycles. The maximum atomic E-state index is 13.5. The third-order valence-electron chi connectivity index (χ3n) is 4.70. The smallest absolute Gasteiger partial charge is 0.222 e. The molecule has 144 valence electrons. The monoisotopic (exact) mass is 374 g/mol. The van der Waals surface area contributed by atoms with Gasteiger partial charge in [-0.25, -0.2) is 8.78 Å². The molecule has 1 aliphatic rings. The molecule has 0 unspecified atom stereocenters. The van der Waals surface area contributed by atoms with Crippen molar-refractivity contribution in [1.29, 1.82) is 0 Å². The molecule has 2 aromatic rings. The molecule has 0 bridgehead atoms. The van der Waals surface area contributed by atoms with Crippen LogP contribution in [0.25, 0.3) is 0 Å². The summed E-state index contributed by atoms with van der Waals surface area (Å²) in [7, 11) is 3.51. The van der Waals surface area contributed by atoms with Crippen molar-refractivity contribution >= 4 is 5.91 Å². The third kappa shape index (κ3) is 5.04. The van der Waals surface area contributed by atoms with E-state index in [0.717, 1.165) is 28.5 Å². The molecule has 2 aromatic carbocycles. The van der Waals surface area contributed by atoms with E-state index in [9.17, 15) is 13.6 Å². The second kappa shape index (κ2) is 8.48. The zero-order valence-electron chi connectivity index (χ0n) is 15.7. The number of aryl methyl sites for hydroxylation is 1. The number of ether oxygens (including phenoxy) is 1. The summed E-state index contributed by atoms with van der Waals surface area (Å²) in [6.07, 6.45) is 1.14. The standard InChI is InChI=1S/C21H24F2N2O2/c1-24(2)21(26)8-5-15-4-7-20-17(11-15)14-25(9-10-27-20)13-16-3-6-18(22)19(23)12-16/h3-4,6-7,11-12H,5,8-10,13-14H2,1-2H3. The van der Waals surface area contributed by atoms with Crippen LogP contribution in [0.3, 0.4) is 0 Å². The molecular formula is C21H24F2N2O2. The van der Waals surface area contributed by atoms with Crippen LogP contribution in [0.1, 0.15) is 23.1 Å². The quantitative estimate of drug-likeness (QED) is 0.804. The molecule has 1 aliphatic heterocycles. The highest BCUT2D eigenvalue weighted by Crippen LogP contribution is 2.26. The lowest BCUT2D eigenvalue weighted by molar-refractivity contribution is -0.128. The number of hydrogen-bond acceptors (Lipinski definition) is 3. The van der Waals surface area contributed by atoms with Gasteiger partial charge in [-0.2, -0.15) is 0 Å². The summed E-state index contributed by atoms with van der Waals surface area (Å²) in [5.41, 5.74) is 2.86. The zero-order chi connectivity index (χ0) is 19.4. The molecule has 6 heteroatoms. The number of carbonyl (C=O) groups excluding carboxylic acids is 1. The Hall–Kier alpha value is -2.47. The molecule has 0 aliphatic carbocycles. The molecule has 0 fully saturated rings. The van der Waals surface area contributed by atoms with E-state index in [2.05, 4.69) is 11.0 Å². The maximum absolute atomic E-state index is 13.5. The van der Waals surface area contributed by atoms with E-state index in [1.807, 2.05) is 12.1 Å². The van der Waals surface area contributed by atoms with Gasteiger partial charge in [0.05, 0.1) is 0 Å². The van der Waals surface area contributed by atoms with Gasteiger partial charge < -0.3 is 9.64 Å². The van der Waals surface area contributed by atoms with Crippen LogP contribution in [0.15, 0.2) is 36.4 Å². The lowest BCUT2D eigenvalue weighted by Crippen LogP contribution is -2.25. The normalized spacial score (nSPS) is 14.2. The molecule has 0 radical (unpaired) electrons. The Labute approximate surface area is 158 Å². The van der Waals surface area contributed by atoms with E-state index < -0.39 is 11.6 Å². The van der Waals surface area contributed by atoms with E-state index >= 15 is 0 Å². The van der Waals surface area contributed by atoms with Crippen molar-refractivity contribution in [3.8, 4) is 5.75 Å². The first-order valence-electron chi connectivity index (χ1n) is 9.03. The van der Waals surface area contributed by atoms with E-state index in [-0.39, 0.29) is 5.91 Å². The Morgan fingerprint density at radius 1 is 1.11 bits per heavy atom. The van der Waals surface area contributed by atoms with Crippen molar-refractivity contribution in [1.82, 2.24) is 9.80 Å². The highest BCUT2D eigenvalue weighted by Gasteiger charge is 2.17. The summed E-state index contributed by atoms with van der Waals surface area (Å²) in [6.45, 7) is 2.41. The Bertz CT molecular complexity index is 824. The van der Waals surface area contributed by atoms with E-state index in [1.165, 1.54) is 6.07 Å². The average Bonchev–Trinajstić information content (AvgIpc) is 2.83. The predicted molar refractivity (Wildman–Crippen MR) is 99.4 cm³/mol. The molecule has 4 nitrogen and oxygen atoms in total. The van der Waals surface area contributed by atoms with E-state index in [0.29, 0.717) is 39.1 Å². The van der Waals surface area contributed by atoms with Gasteiger partial charge in [0.15, 0.2) is 11.6 Å². The number of benzene rings is 2. The lowest BCUT2D eigenvalue weighted by Gasteiger charge is -2.19. The van der Waals surface area contributed by atoms with Gasteiger partial charge in [-0.05, 0) is 35.7 Å². The maximum Gasteiger partial charge on any atom is 0.222 e. The molecule has 1 heterocycles. The molecule has 0 aromatic heterocycles. The van der Waals surface area contributed by atoms with Crippen LogP contribution in [0.5, 0.6) is 5.75 Å². The Kier molecular flexibility index (Phi) is 6.06. The minimum absolute atomic E-state index is 0.0983. The molecule has 27 heavy (non-hydrogen) atoms. The van der Waals surface area contributed by atoms with Crippen LogP contribution in [0.2, 0.25) is 0 Å². The zero-order valence-corrected chi connectivity index (χ0v) is 15.7. The molecular weight excluding hydrogens is 350 g/mol. The fourth-order valence-corrected chi connectivity index (χ4v) is 3.16. The van der Waals surface area contributed by atoms with Crippen LogP contribution >= 0.6 is 0 Å². The number of hydrogen-bond donors (Lipinski definition) is 0. The number of amides is 1. The molecule has 0 saturated carbocycles. The number of fused-ring (bicyclic) bond motifs is 1. The first-order chi connectivity index (χ1) is 12.9. The highest BCUT2D eigenvalue weighted by atomic mass is 19.2. The summed E-state index contributed by atoms with van der Waals surface area (Å²) in [5, 5.41) is 0. The van der Waals surface area contributed by atoms with E-state index in [1.54, 1.807) is 25.1 Å². The van der Waals surface area contributed by atoms with Gasteiger partial charge in [-0.1, -0.05) is 18.2 Å². The van der Waals surface area contributed by atoms with Crippen LogP contribution in [-0.2, 0) is 24.3 Å². The lowest BCUT2D eigenvalue weighted by atomic mass is 10.0. The molecule has 0 N–H and O–H groups in total. The minimum Gasteiger partial charge on any atom is -0.492 e. The van der Waals surface area contributed by atoms with Crippen molar-refractivity contribution in [3.63, 3.8) is 0 Å². The average molecular weight is 374 g/mol. The van der Waals surface area contributed by atoms with Gasteiger partial charge in [0.1, 0.15) is 12.4 Å². The first-order valence-corrected chi connectivity index (χ1v) is 9.03. The van der Waals surface area contributed by atoms with Gasteiger partial charge in [0, 0.05) is 45.7 Å². The summed E-state index contributed by atoms with van der Waals surface area (Å²) >= 11 is 0. The second-order valence-electron chi connectivity index (χ2n) is 7.04. The SMILES string of the molecule is CN(C)C(=O)CCc1ccc2c(c1)CN(Cc1ccc(F)c(F)c1)CCO2. The largest absolute Gasteiger partial charge is 0.492 e. The molecule has 0 spiro atoms. The van der Waals surface area contributed by atoms with Crippen LogP contribution in [0, 0.1) is 11.6 Å². The van der Waals surface area contributed by atoms with Crippen molar-refractivity contribution in [3.05, 3.63) is 64.7 Å². The minimum atomic E-state index is -0.833. The van der Waals surface area contributed by atoms with Crippen LogP contribution < -0.4 is 4.74 Å². The van der Waals surface area contributed by atoms with Crippen molar-refractivity contribution in [2.24, 2.45) is 0 Å². The van der Waals surface area contributed by atoms with Gasteiger partial charge in [0.2, 0.25) is 5.91 Å². The number of rotatable bonds is 5. The van der Waals surface area contributed by atoms with E-state index in [4.69, 9.17) is 4.74 Å². The number of nitrogens with zero attached hydrogens (tertiary/aromatic N) is 2. The van der Waals surface area contributed by atoms with Crippen molar-refractivity contribution in [2.75, 3.05) is 27.2 Å². The van der Waals surface area contributed by atoms with Crippen LogP contribution in [-0.4, -0.2) is 43.0 Å². The summed E-state index contributed by atoms with van der Waals surface area (Å²) in [4.78, 5) is 15.5. The molecule has 0 atom stereocenters. The molecule has 3 rings (SSSR count). The fourth-order valence-electron chi connectivity index (χ4n) is 3.16. The summed E-state index contributed by atoms with van der Waals surface area (Å²) < 4.78 is 32.4. The predicted octanol–water partition coefficient (Wildman–Crippen LogP) is 3.38. The Morgan fingerprint density at radius 3 is 2.63 bits per heavy atom. The summed E-state index contributed by atoms with van der Waals surface area (Å²) in [5.74, 6) is -0.723. The fraction of sp³-hybridized carbons (Fsp3) is 0.381. The van der Waals surface area contributed by atoms with Gasteiger partial charge in [-0.3, -0.25) is 9.69 Å². The summed E-state index contributed by atoms with van der Waals surface area (Å²) in [6, 6.07) is 10.0. The van der Waals surface area contributed by atoms with Gasteiger partial charge >= 0.3 is 0 Å². The Balaban J connectivity index is 1.70. The van der Waals surface area contributed by atoms with Crippen molar-refractivity contribution in [2.45, 2.75) is 25.9 Å². The highest BCUT2D eigenvalue weighted by molar-refractivity contribution is 5.75. The second-order valence-corrected chi connectivity index (χ2v) is 7.04. The number of halogens is 2. The third-order valence-corrected chi connectivity index (χ3v) is 4.70. The Morgan fingerprint density at radius 2 is 1.89 bits per heavy atom. The number of carbonyl (C=O) groups is 1. The molecule has 1 amide bonds.